The second kappa shape index (κ2) is 13.2. The van der Waals surface area contributed by atoms with Crippen molar-refractivity contribution in [3.05, 3.63) is 103 Å². The van der Waals surface area contributed by atoms with Gasteiger partial charge in [0.15, 0.2) is 0 Å². The van der Waals surface area contributed by atoms with Crippen molar-refractivity contribution in [1.29, 1.82) is 0 Å². The summed E-state index contributed by atoms with van der Waals surface area (Å²) in [5.74, 6) is -0.134. The molecule has 2 nitrogen and oxygen atoms in total. The number of ether oxygens (including phenoxy) is 1. The van der Waals surface area contributed by atoms with Gasteiger partial charge in [0.2, 0.25) is 0 Å². The van der Waals surface area contributed by atoms with Crippen molar-refractivity contribution >= 4 is 29.1 Å². The van der Waals surface area contributed by atoms with Gasteiger partial charge in [0.05, 0.1) is 13.3 Å². The van der Waals surface area contributed by atoms with E-state index in [1.54, 1.807) is 0 Å². The SMILES string of the molecule is COC(=O)CCC/C=C\CC[P+](c1ccccc1)(c1ccccc1)c1ccccc1.[Br-]. The summed E-state index contributed by atoms with van der Waals surface area (Å²) in [6, 6.07) is 32.9. The van der Waals surface area contributed by atoms with E-state index in [2.05, 4.69) is 103 Å². The third-order valence-electron chi connectivity index (χ3n) is 5.37. The molecule has 3 rings (SSSR count). The van der Waals surface area contributed by atoms with Gasteiger partial charge in [-0.2, -0.15) is 0 Å². The van der Waals surface area contributed by atoms with E-state index in [1.165, 1.54) is 23.0 Å². The first kappa shape index (κ1) is 25.0. The van der Waals surface area contributed by atoms with E-state index in [1.807, 2.05) is 0 Å². The third kappa shape index (κ3) is 6.63. The molecule has 31 heavy (non-hydrogen) atoms. The van der Waals surface area contributed by atoms with Crippen molar-refractivity contribution in [2.75, 3.05) is 13.3 Å². The Kier molecular flexibility index (Phi) is 10.7. The van der Waals surface area contributed by atoms with Crippen molar-refractivity contribution < 1.29 is 26.5 Å². The van der Waals surface area contributed by atoms with Crippen LogP contribution in [0.5, 0.6) is 0 Å². The fourth-order valence-electron chi connectivity index (χ4n) is 3.85. The van der Waals surface area contributed by atoms with Crippen molar-refractivity contribution in [3.8, 4) is 0 Å². The number of benzene rings is 3. The molecule has 0 amide bonds. The van der Waals surface area contributed by atoms with Crippen LogP contribution in [0, 0.1) is 0 Å². The zero-order valence-corrected chi connectivity index (χ0v) is 20.5. The summed E-state index contributed by atoms with van der Waals surface area (Å²) < 4.78 is 4.71. The lowest BCUT2D eigenvalue weighted by Crippen LogP contribution is -3.00. The highest BCUT2D eigenvalue weighted by Crippen LogP contribution is 2.55. The Labute approximate surface area is 197 Å². The number of unbranched alkanes of at least 4 members (excludes halogenated alkanes) is 1. The standard InChI is InChI=1S/C27H30O2P.BrH/c1-29-27(28)22-14-3-2-4-15-23-30(24-16-8-5-9-17-24,25-18-10-6-11-19-25)26-20-12-7-13-21-26;/h2,4-13,16-21H,3,14-15,22-23H2,1H3;1H/q+1;/p-1/b4-2-;. The molecule has 0 atom stereocenters. The fraction of sp³-hybridized carbons (Fsp3) is 0.222. The number of hydrogen-bond acceptors (Lipinski definition) is 2. The van der Waals surface area contributed by atoms with Crippen LogP contribution >= 0.6 is 7.26 Å². The molecule has 0 spiro atoms. The summed E-state index contributed by atoms with van der Waals surface area (Å²) >= 11 is 0. The molecule has 0 aliphatic heterocycles. The minimum Gasteiger partial charge on any atom is -1.00 e. The highest BCUT2D eigenvalue weighted by molar-refractivity contribution is 7.95. The van der Waals surface area contributed by atoms with Gasteiger partial charge in [-0.15, -0.1) is 0 Å². The van der Waals surface area contributed by atoms with E-state index < -0.39 is 7.26 Å². The predicted octanol–water partition coefficient (Wildman–Crippen LogP) is 2.27. The van der Waals surface area contributed by atoms with Gasteiger partial charge in [-0.25, -0.2) is 0 Å². The molecule has 0 heterocycles. The molecule has 3 aromatic rings. The van der Waals surface area contributed by atoms with E-state index >= 15 is 0 Å². The lowest BCUT2D eigenvalue weighted by molar-refractivity contribution is -0.140. The lowest BCUT2D eigenvalue weighted by Gasteiger charge is -2.27. The molecule has 0 saturated heterocycles. The van der Waals surface area contributed by atoms with Crippen LogP contribution in [-0.2, 0) is 9.53 Å². The van der Waals surface area contributed by atoms with Gasteiger partial charge in [-0.3, -0.25) is 4.79 Å². The second-order valence-electron chi connectivity index (χ2n) is 7.27. The molecule has 0 aliphatic carbocycles. The van der Waals surface area contributed by atoms with E-state index in [0.29, 0.717) is 6.42 Å². The predicted molar refractivity (Wildman–Crippen MR) is 130 cm³/mol. The number of halogens is 1. The van der Waals surface area contributed by atoms with E-state index in [-0.39, 0.29) is 23.0 Å². The van der Waals surface area contributed by atoms with Crippen LogP contribution in [0.15, 0.2) is 103 Å². The Bertz CT molecular complexity index is 831. The van der Waals surface area contributed by atoms with Gasteiger partial charge in [-0.05, 0) is 49.2 Å². The second-order valence-corrected chi connectivity index (χ2v) is 10.9. The Morgan fingerprint density at radius 3 is 1.58 bits per heavy atom. The Morgan fingerprint density at radius 2 is 1.16 bits per heavy atom. The topological polar surface area (TPSA) is 26.3 Å². The number of allylic oxidation sites excluding steroid dienone is 2. The normalized spacial score (nSPS) is 11.1. The molecule has 0 aliphatic rings. The van der Waals surface area contributed by atoms with Gasteiger partial charge in [0.25, 0.3) is 0 Å². The summed E-state index contributed by atoms with van der Waals surface area (Å²) in [5, 5.41) is 4.25. The van der Waals surface area contributed by atoms with E-state index in [9.17, 15) is 4.79 Å². The molecular weight excluding hydrogens is 467 g/mol. The van der Waals surface area contributed by atoms with Gasteiger partial charge in [-0.1, -0.05) is 66.7 Å². The number of carbonyl (C=O) groups is 1. The molecular formula is C27H30BrO2P. The zero-order valence-electron chi connectivity index (χ0n) is 18.0. The first-order valence-electron chi connectivity index (χ1n) is 10.5. The fourth-order valence-corrected chi connectivity index (χ4v) is 8.10. The van der Waals surface area contributed by atoms with Crippen LogP contribution in [0.1, 0.15) is 25.7 Å². The minimum atomic E-state index is -1.75. The number of esters is 1. The Balaban J connectivity index is 0.00000341. The van der Waals surface area contributed by atoms with E-state index in [4.69, 9.17) is 4.74 Å². The van der Waals surface area contributed by atoms with Gasteiger partial charge in [0, 0.05) is 12.8 Å². The maximum Gasteiger partial charge on any atom is 0.305 e. The van der Waals surface area contributed by atoms with Crippen molar-refractivity contribution in [3.63, 3.8) is 0 Å². The highest BCUT2D eigenvalue weighted by Gasteiger charge is 2.44. The molecule has 0 N–H and O–H groups in total. The van der Waals surface area contributed by atoms with Crippen LogP contribution in [0.2, 0.25) is 0 Å². The van der Waals surface area contributed by atoms with Crippen LogP contribution in [-0.4, -0.2) is 19.2 Å². The molecule has 0 bridgehead atoms. The smallest absolute Gasteiger partial charge is 0.305 e. The van der Waals surface area contributed by atoms with E-state index in [0.717, 1.165) is 25.4 Å². The molecule has 0 saturated carbocycles. The van der Waals surface area contributed by atoms with Crippen LogP contribution in [0.3, 0.4) is 0 Å². The Morgan fingerprint density at radius 1 is 0.742 bits per heavy atom. The molecule has 0 aromatic heterocycles. The molecule has 0 radical (unpaired) electrons. The van der Waals surface area contributed by atoms with Gasteiger partial charge in [0.1, 0.15) is 23.2 Å². The number of hydrogen-bond donors (Lipinski definition) is 0. The summed E-state index contributed by atoms with van der Waals surface area (Å²) in [6.45, 7) is 0. The number of rotatable bonds is 10. The zero-order chi connectivity index (χ0) is 21.1. The van der Waals surface area contributed by atoms with Crippen molar-refractivity contribution in [2.24, 2.45) is 0 Å². The molecule has 3 aromatic carbocycles. The number of methoxy groups -OCH3 is 1. The van der Waals surface area contributed by atoms with Crippen LogP contribution < -0.4 is 32.9 Å². The monoisotopic (exact) mass is 496 g/mol. The van der Waals surface area contributed by atoms with Crippen LogP contribution in [0.25, 0.3) is 0 Å². The maximum absolute atomic E-state index is 11.3. The summed E-state index contributed by atoms with van der Waals surface area (Å²) in [5.41, 5.74) is 0. The van der Waals surface area contributed by atoms with Crippen molar-refractivity contribution in [2.45, 2.75) is 25.7 Å². The minimum absolute atomic E-state index is 0. The van der Waals surface area contributed by atoms with Crippen LogP contribution in [0.4, 0.5) is 0 Å². The molecule has 0 fully saturated rings. The quantitative estimate of drug-likeness (QED) is 0.186. The summed E-state index contributed by atoms with van der Waals surface area (Å²) in [6.07, 6.45) is 8.79. The third-order valence-corrected chi connectivity index (χ3v) is 9.84. The average molecular weight is 497 g/mol. The van der Waals surface area contributed by atoms with Crippen molar-refractivity contribution in [1.82, 2.24) is 0 Å². The summed E-state index contributed by atoms with van der Waals surface area (Å²) in [4.78, 5) is 11.3. The first-order valence-corrected chi connectivity index (χ1v) is 12.5. The average Bonchev–Trinajstić information content (AvgIpc) is 2.82. The van der Waals surface area contributed by atoms with Gasteiger partial charge >= 0.3 is 5.97 Å². The number of carbonyl (C=O) groups excluding carboxylic acids is 1. The first-order chi connectivity index (χ1) is 14.8. The molecule has 0 unspecified atom stereocenters. The summed E-state index contributed by atoms with van der Waals surface area (Å²) in [7, 11) is -0.312. The maximum atomic E-state index is 11.3. The highest BCUT2D eigenvalue weighted by atomic mass is 79.9. The van der Waals surface area contributed by atoms with Gasteiger partial charge < -0.3 is 21.7 Å². The molecule has 162 valence electrons. The largest absolute Gasteiger partial charge is 1.00 e. The molecule has 4 heteroatoms. The lowest BCUT2D eigenvalue weighted by atomic mass is 10.2. The Hall–Kier alpha value is -2.22.